The zero-order valence-corrected chi connectivity index (χ0v) is 19.2. The predicted octanol–water partition coefficient (Wildman–Crippen LogP) is 6.78. The first-order valence-electron chi connectivity index (χ1n) is 8.08. The highest BCUT2D eigenvalue weighted by atomic mass is 79.9. The van der Waals surface area contributed by atoms with Gasteiger partial charge in [-0.3, -0.25) is 4.79 Å². The largest absolute Gasteiger partial charge is 0.506 e. The molecule has 0 heterocycles. The van der Waals surface area contributed by atoms with Crippen LogP contribution in [0.4, 0.5) is 0 Å². The third kappa shape index (κ3) is 5.73. The number of hydrogen-bond donors (Lipinski definition) is 2. The Bertz CT molecular complexity index is 1080. The topological polar surface area (TPSA) is 70.9 Å². The number of carbonyl (C=O) groups is 1. The van der Waals surface area contributed by atoms with Crippen molar-refractivity contribution >= 4 is 67.2 Å². The molecule has 5 nitrogen and oxygen atoms in total. The number of amides is 1. The lowest BCUT2D eigenvalue weighted by atomic mass is 10.2. The number of carbonyl (C=O) groups excluding carboxylic acids is 1. The molecule has 3 rings (SSSR count). The lowest BCUT2D eigenvalue weighted by Crippen LogP contribution is -2.17. The van der Waals surface area contributed by atoms with E-state index in [-0.39, 0.29) is 5.75 Å². The highest BCUT2D eigenvalue weighted by molar-refractivity contribution is 9.11. The van der Waals surface area contributed by atoms with Crippen molar-refractivity contribution in [3.63, 3.8) is 0 Å². The zero-order valence-electron chi connectivity index (χ0n) is 14.5. The van der Waals surface area contributed by atoms with E-state index in [2.05, 4.69) is 42.4 Å². The van der Waals surface area contributed by atoms with Gasteiger partial charge in [-0.25, -0.2) is 5.43 Å². The number of ether oxygens (including phenoxy) is 1. The van der Waals surface area contributed by atoms with Crippen LogP contribution in [0.1, 0.15) is 15.9 Å². The van der Waals surface area contributed by atoms with Crippen molar-refractivity contribution in [1.82, 2.24) is 5.43 Å². The normalized spacial score (nSPS) is 10.9. The van der Waals surface area contributed by atoms with Gasteiger partial charge in [-0.15, -0.1) is 0 Å². The quantitative estimate of drug-likeness (QED) is 0.268. The van der Waals surface area contributed by atoms with Crippen molar-refractivity contribution in [1.29, 1.82) is 0 Å². The molecule has 9 heteroatoms. The van der Waals surface area contributed by atoms with Gasteiger partial charge >= 0.3 is 0 Å². The highest BCUT2D eigenvalue weighted by Crippen LogP contribution is 2.33. The van der Waals surface area contributed by atoms with E-state index in [1.54, 1.807) is 54.6 Å². The summed E-state index contributed by atoms with van der Waals surface area (Å²) in [5, 5.41) is 14.5. The second-order valence-electron chi connectivity index (χ2n) is 5.74. The lowest BCUT2D eigenvalue weighted by Gasteiger charge is -2.08. The second-order valence-corrected chi connectivity index (χ2v) is 8.26. The Labute approximate surface area is 193 Å². The van der Waals surface area contributed by atoms with Gasteiger partial charge in [-0.05, 0) is 79.9 Å². The fraction of sp³-hybridized carbons (Fsp3) is 0. The molecule has 0 saturated heterocycles. The molecule has 2 N–H and O–H groups in total. The molecular formula is C20H12Br2Cl2N2O3. The molecule has 148 valence electrons. The monoisotopic (exact) mass is 556 g/mol. The molecule has 0 aliphatic rings. The van der Waals surface area contributed by atoms with Gasteiger partial charge in [0.05, 0.1) is 25.2 Å². The summed E-state index contributed by atoms with van der Waals surface area (Å²) < 4.78 is 6.73. The van der Waals surface area contributed by atoms with Crippen LogP contribution < -0.4 is 10.2 Å². The summed E-state index contributed by atoms with van der Waals surface area (Å²) in [6, 6.07) is 14.9. The van der Waals surface area contributed by atoms with Crippen LogP contribution in [0.5, 0.6) is 17.2 Å². The van der Waals surface area contributed by atoms with Crippen molar-refractivity contribution in [2.24, 2.45) is 5.10 Å². The summed E-state index contributed by atoms with van der Waals surface area (Å²) >= 11 is 18.4. The van der Waals surface area contributed by atoms with Crippen LogP contribution in [-0.4, -0.2) is 17.2 Å². The minimum Gasteiger partial charge on any atom is -0.506 e. The number of phenols is 1. The van der Waals surface area contributed by atoms with Gasteiger partial charge in [0, 0.05) is 11.6 Å². The highest BCUT2D eigenvalue weighted by Gasteiger charge is 2.08. The van der Waals surface area contributed by atoms with E-state index in [0.717, 1.165) is 0 Å². The van der Waals surface area contributed by atoms with E-state index in [1.165, 1.54) is 6.21 Å². The van der Waals surface area contributed by atoms with Crippen molar-refractivity contribution in [2.45, 2.75) is 0 Å². The zero-order chi connectivity index (χ0) is 21.0. The summed E-state index contributed by atoms with van der Waals surface area (Å²) in [6.07, 6.45) is 1.46. The Balaban J connectivity index is 1.68. The molecule has 3 aromatic carbocycles. The van der Waals surface area contributed by atoms with E-state index in [0.29, 0.717) is 41.6 Å². The minimum atomic E-state index is -0.405. The first-order valence-corrected chi connectivity index (χ1v) is 10.4. The Hall–Kier alpha value is -2.06. The van der Waals surface area contributed by atoms with Crippen molar-refractivity contribution in [2.75, 3.05) is 0 Å². The Morgan fingerprint density at radius 3 is 2.38 bits per heavy atom. The van der Waals surface area contributed by atoms with Gasteiger partial charge in [-0.1, -0.05) is 29.3 Å². The maximum absolute atomic E-state index is 12.3. The van der Waals surface area contributed by atoms with Crippen LogP contribution in [0.3, 0.4) is 0 Å². The van der Waals surface area contributed by atoms with E-state index in [4.69, 9.17) is 27.9 Å². The van der Waals surface area contributed by atoms with Crippen molar-refractivity contribution in [3.8, 4) is 17.2 Å². The average molecular weight is 559 g/mol. The summed E-state index contributed by atoms with van der Waals surface area (Å²) in [5.74, 6) is 0.646. The first kappa shape index (κ1) is 21.6. The average Bonchev–Trinajstić information content (AvgIpc) is 2.69. The van der Waals surface area contributed by atoms with Gasteiger partial charge in [0.2, 0.25) is 0 Å². The number of hydrogen-bond acceptors (Lipinski definition) is 4. The SMILES string of the molecule is O=C(NN=Cc1cc(Br)c(O)c(Br)c1)c1cccc(Oc2ccc(Cl)c(Cl)c2)c1. The van der Waals surface area contributed by atoms with Crippen LogP contribution in [0.15, 0.2) is 68.6 Å². The number of phenolic OH excluding ortho intramolecular Hbond substituents is 1. The van der Waals surface area contributed by atoms with Gasteiger partial charge in [0.1, 0.15) is 17.2 Å². The van der Waals surface area contributed by atoms with Crippen LogP contribution in [-0.2, 0) is 0 Å². The van der Waals surface area contributed by atoms with Gasteiger partial charge in [0.25, 0.3) is 5.91 Å². The number of benzene rings is 3. The van der Waals surface area contributed by atoms with Crippen LogP contribution >= 0.6 is 55.1 Å². The molecular weight excluding hydrogens is 547 g/mol. The van der Waals surface area contributed by atoms with Gasteiger partial charge in [0.15, 0.2) is 0 Å². The van der Waals surface area contributed by atoms with Gasteiger partial charge in [-0.2, -0.15) is 5.10 Å². The molecule has 1 amide bonds. The molecule has 0 atom stereocenters. The summed E-state index contributed by atoms with van der Waals surface area (Å²) in [5.41, 5.74) is 3.50. The third-order valence-corrected chi connectivity index (χ3v) is 5.59. The molecule has 0 aliphatic heterocycles. The van der Waals surface area contributed by atoms with E-state index in [9.17, 15) is 9.90 Å². The second kappa shape index (κ2) is 9.63. The standard InChI is InChI=1S/C20H12Br2Cl2N2O3/c21-15-6-11(7-16(22)19(15)27)10-25-26-20(28)12-2-1-3-13(8-12)29-14-4-5-17(23)18(24)9-14/h1-10,27H,(H,26,28). The third-order valence-electron chi connectivity index (χ3n) is 3.64. The predicted molar refractivity (Wildman–Crippen MR) is 122 cm³/mol. The van der Waals surface area contributed by atoms with Gasteiger partial charge < -0.3 is 9.84 Å². The van der Waals surface area contributed by atoms with E-state index in [1.807, 2.05) is 0 Å². The van der Waals surface area contributed by atoms with Crippen LogP contribution in [0, 0.1) is 0 Å². The van der Waals surface area contributed by atoms with Crippen LogP contribution in [0.2, 0.25) is 10.0 Å². The maximum Gasteiger partial charge on any atom is 0.271 e. The fourth-order valence-corrected chi connectivity index (χ4v) is 3.78. The molecule has 0 bridgehead atoms. The smallest absolute Gasteiger partial charge is 0.271 e. The molecule has 0 aliphatic carbocycles. The number of halogens is 4. The number of nitrogens with one attached hydrogen (secondary N) is 1. The first-order chi connectivity index (χ1) is 13.8. The number of nitrogens with zero attached hydrogens (tertiary/aromatic N) is 1. The number of hydrazone groups is 1. The molecule has 0 spiro atoms. The van der Waals surface area contributed by atoms with Crippen LogP contribution in [0.25, 0.3) is 0 Å². The Kier molecular flexibility index (Phi) is 7.18. The molecule has 0 aromatic heterocycles. The maximum atomic E-state index is 12.3. The molecule has 0 radical (unpaired) electrons. The summed E-state index contributed by atoms with van der Waals surface area (Å²) in [7, 11) is 0. The lowest BCUT2D eigenvalue weighted by molar-refractivity contribution is 0.0955. The number of aromatic hydroxyl groups is 1. The summed E-state index contributed by atoms with van der Waals surface area (Å²) in [6.45, 7) is 0. The minimum absolute atomic E-state index is 0.0879. The fourth-order valence-electron chi connectivity index (χ4n) is 2.27. The number of rotatable bonds is 5. The molecule has 3 aromatic rings. The van der Waals surface area contributed by atoms with E-state index >= 15 is 0 Å². The molecule has 29 heavy (non-hydrogen) atoms. The van der Waals surface area contributed by atoms with E-state index < -0.39 is 5.91 Å². The molecule has 0 unspecified atom stereocenters. The van der Waals surface area contributed by atoms with Crippen molar-refractivity contribution in [3.05, 3.63) is 84.7 Å². The Morgan fingerprint density at radius 1 is 1.00 bits per heavy atom. The molecule has 0 saturated carbocycles. The molecule has 0 fully saturated rings. The van der Waals surface area contributed by atoms with Crippen molar-refractivity contribution < 1.29 is 14.6 Å². The Morgan fingerprint density at radius 2 is 1.69 bits per heavy atom. The summed E-state index contributed by atoms with van der Waals surface area (Å²) in [4.78, 5) is 12.3.